The molecule has 2 unspecified atom stereocenters. The average molecular weight is 424 g/mol. The van der Waals surface area contributed by atoms with E-state index in [1.807, 2.05) is 27.7 Å². The van der Waals surface area contributed by atoms with E-state index >= 15 is 0 Å². The van der Waals surface area contributed by atoms with E-state index < -0.39 is 6.04 Å². The van der Waals surface area contributed by atoms with Gasteiger partial charge in [0.2, 0.25) is 23.6 Å². The van der Waals surface area contributed by atoms with Crippen LogP contribution in [-0.2, 0) is 24.0 Å². The largest absolute Gasteiger partial charge is 0.347 e. The molecule has 1 fully saturated rings. The predicted octanol–water partition coefficient (Wildman–Crippen LogP) is 1.81. The van der Waals surface area contributed by atoms with Crippen LogP contribution in [0.1, 0.15) is 73.1 Å². The molecule has 170 valence electrons. The van der Waals surface area contributed by atoms with Gasteiger partial charge in [0.05, 0.1) is 6.54 Å². The van der Waals surface area contributed by atoms with Crippen LogP contribution in [0.4, 0.5) is 0 Å². The molecule has 1 aliphatic heterocycles. The summed E-state index contributed by atoms with van der Waals surface area (Å²) in [6, 6.07) is -0.685. The minimum absolute atomic E-state index is 0.0277. The van der Waals surface area contributed by atoms with Crippen LogP contribution in [0.25, 0.3) is 0 Å². The summed E-state index contributed by atoms with van der Waals surface area (Å²) in [5.74, 6) is -0.997. The van der Waals surface area contributed by atoms with Gasteiger partial charge >= 0.3 is 0 Å². The lowest BCUT2D eigenvalue weighted by Gasteiger charge is -2.21. The second kappa shape index (κ2) is 12.4. The molecular formula is C22H37N3O5. The highest BCUT2D eigenvalue weighted by atomic mass is 16.2. The summed E-state index contributed by atoms with van der Waals surface area (Å²) in [7, 11) is 0. The summed E-state index contributed by atoms with van der Waals surface area (Å²) in [5, 5.41) is 5.32. The van der Waals surface area contributed by atoms with Crippen LogP contribution in [0.2, 0.25) is 0 Å². The molecule has 0 aromatic carbocycles. The predicted molar refractivity (Wildman–Crippen MR) is 113 cm³/mol. The number of Topliss-reactive ketones (excluding diaryl/α,β-unsaturated/α-hetero) is 1. The Bertz CT molecular complexity index is 645. The van der Waals surface area contributed by atoms with Crippen molar-refractivity contribution < 1.29 is 24.0 Å². The molecule has 1 rings (SSSR count). The lowest BCUT2D eigenvalue weighted by Crippen LogP contribution is -2.50. The zero-order valence-corrected chi connectivity index (χ0v) is 19.0. The summed E-state index contributed by atoms with van der Waals surface area (Å²) in [4.78, 5) is 61.5. The number of amides is 4. The van der Waals surface area contributed by atoms with Crippen LogP contribution in [0.3, 0.4) is 0 Å². The number of rotatable bonds is 13. The molecule has 30 heavy (non-hydrogen) atoms. The Morgan fingerprint density at radius 1 is 1.07 bits per heavy atom. The molecule has 2 atom stereocenters. The van der Waals surface area contributed by atoms with E-state index in [2.05, 4.69) is 10.6 Å². The second-order valence-electron chi connectivity index (χ2n) is 8.65. The van der Waals surface area contributed by atoms with Crippen molar-refractivity contribution in [1.29, 1.82) is 0 Å². The summed E-state index contributed by atoms with van der Waals surface area (Å²) < 4.78 is 0. The van der Waals surface area contributed by atoms with Gasteiger partial charge < -0.3 is 10.6 Å². The Labute approximate surface area is 179 Å². The molecule has 0 bridgehead atoms. The summed E-state index contributed by atoms with van der Waals surface area (Å²) >= 11 is 0. The van der Waals surface area contributed by atoms with Gasteiger partial charge in [-0.3, -0.25) is 28.9 Å². The SMILES string of the molecule is CCC(=O)CNC(=O)C(NC(=O)CCCCCN1C(=O)CC(C(C)C)C1=O)C(C)C. The van der Waals surface area contributed by atoms with Gasteiger partial charge in [-0.05, 0) is 24.7 Å². The van der Waals surface area contributed by atoms with Crippen LogP contribution < -0.4 is 10.6 Å². The van der Waals surface area contributed by atoms with E-state index in [1.165, 1.54) is 4.90 Å². The maximum Gasteiger partial charge on any atom is 0.243 e. The first-order valence-corrected chi connectivity index (χ1v) is 11.0. The molecule has 0 aromatic heterocycles. The third-order valence-electron chi connectivity index (χ3n) is 5.49. The van der Waals surface area contributed by atoms with Gasteiger partial charge in [0, 0.05) is 31.7 Å². The van der Waals surface area contributed by atoms with Crippen LogP contribution in [0, 0.1) is 17.8 Å². The molecular weight excluding hydrogens is 386 g/mol. The van der Waals surface area contributed by atoms with Crippen LogP contribution in [0.15, 0.2) is 0 Å². The standard InChI is InChI=1S/C22H37N3O5/c1-6-16(26)13-23-21(29)20(15(4)5)24-18(27)10-8-7-9-11-25-19(28)12-17(14(2)3)22(25)30/h14-15,17,20H,6-13H2,1-5H3,(H,23,29)(H,24,27). The lowest BCUT2D eigenvalue weighted by atomic mass is 9.94. The molecule has 0 spiro atoms. The lowest BCUT2D eigenvalue weighted by molar-refractivity contribution is -0.139. The minimum atomic E-state index is -0.685. The van der Waals surface area contributed by atoms with E-state index in [4.69, 9.17) is 0 Å². The van der Waals surface area contributed by atoms with Gasteiger partial charge in [-0.25, -0.2) is 0 Å². The molecule has 8 nitrogen and oxygen atoms in total. The third kappa shape index (κ3) is 7.88. The van der Waals surface area contributed by atoms with Gasteiger partial charge in [0.25, 0.3) is 0 Å². The number of carbonyl (C=O) groups excluding carboxylic acids is 5. The number of imide groups is 1. The number of ketones is 1. The first kappa shape index (κ1) is 25.8. The van der Waals surface area contributed by atoms with E-state index in [-0.39, 0.29) is 60.1 Å². The fourth-order valence-corrected chi connectivity index (χ4v) is 3.40. The Kier molecular flexibility index (Phi) is 10.7. The maximum atomic E-state index is 12.3. The molecule has 1 aliphatic rings. The molecule has 8 heteroatoms. The highest BCUT2D eigenvalue weighted by Gasteiger charge is 2.39. The zero-order valence-electron chi connectivity index (χ0n) is 19.0. The molecule has 1 saturated heterocycles. The average Bonchev–Trinajstić information content (AvgIpc) is 2.97. The van der Waals surface area contributed by atoms with E-state index in [9.17, 15) is 24.0 Å². The quantitative estimate of drug-likeness (QED) is 0.347. The maximum absolute atomic E-state index is 12.3. The van der Waals surface area contributed by atoms with Crippen molar-refractivity contribution in [2.45, 2.75) is 79.2 Å². The smallest absolute Gasteiger partial charge is 0.243 e. The van der Waals surface area contributed by atoms with E-state index in [0.717, 1.165) is 0 Å². The van der Waals surface area contributed by atoms with Gasteiger partial charge in [-0.15, -0.1) is 0 Å². The van der Waals surface area contributed by atoms with Crippen molar-refractivity contribution in [3.8, 4) is 0 Å². The van der Waals surface area contributed by atoms with Crippen molar-refractivity contribution in [3.05, 3.63) is 0 Å². The Morgan fingerprint density at radius 2 is 1.73 bits per heavy atom. The van der Waals surface area contributed by atoms with Gasteiger partial charge in [-0.2, -0.15) is 0 Å². The molecule has 1 heterocycles. The van der Waals surface area contributed by atoms with Gasteiger partial charge in [0.15, 0.2) is 5.78 Å². The molecule has 0 aliphatic carbocycles. The van der Waals surface area contributed by atoms with Crippen molar-refractivity contribution in [3.63, 3.8) is 0 Å². The van der Waals surface area contributed by atoms with Crippen LogP contribution in [-0.4, -0.2) is 53.4 Å². The van der Waals surface area contributed by atoms with Gasteiger partial charge in [-0.1, -0.05) is 41.0 Å². The van der Waals surface area contributed by atoms with E-state index in [0.29, 0.717) is 38.6 Å². The number of hydrogen-bond donors (Lipinski definition) is 2. The van der Waals surface area contributed by atoms with Gasteiger partial charge in [0.1, 0.15) is 6.04 Å². The topological polar surface area (TPSA) is 113 Å². The Morgan fingerprint density at radius 3 is 2.27 bits per heavy atom. The van der Waals surface area contributed by atoms with Crippen molar-refractivity contribution in [1.82, 2.24) is 15.5 Å². The number of nitrogens with zero attached hydrogens (tertiary/aromatic N) is 1. The normalized spacial score (nSPS) is 17.6. The molecule has 0 saturated carbocycles. The highest BCUT2D eigenvalue weighted by molar-refractivity contribution is 6.03. The number of likely N-dealkylation sites (tertiary alicyclic amines) is 1. The summed E-state index contributed by atoms with van der Waals surface area (Å²) in [5.41, 5.74) is 0. The fourth-order valence-electron chi connectivity index (χ4n) is 3.40. The summed E-state index contributed by atoms with van der Waals surface area (Å²) in [6.07, 6.45) is 2.88. The monoisotopic (exact) mass is 423 g/mol. The first-order valence-electron chi connectivity index (χ1n) is 11.0. The fraction of sp³-hybridized carbons (Fsp3) is 0.773. The van der Waals surface area contributed by atoms with Crippen molar-refractivity contribution >= 4 is 29.4 Å². The number of carbonyl (C=O) groups is 5. The molecule has 2 N–H and O–H groups in total. The molecule has 0 aromatic rings. The van der Waals surface area contributed by atoms with Crippen LogP contribution >= 0.6 is 0 Å². The number of nitrogens with one attached hydrogen (secondary N) is 2. The first-order chi connectivity index (χ1) is 14.1. The van der Waals surface area contributed by atoms with Crippen LogP contribution in [0.5, 0.6) is 0 Å². The minimum Gasteiger partial charge on any atom is -0.347 e. The van der Waals surface area contributed by atoms with E-state index in [1.54, 1.807) is 6.92 Å². The molecule has 4 amide bonds. The second-order valence-corrected chi connectivity index (χ2v) is 8.65. The van der Waals surface area contributed by atoms with Crippen molar-refractivity contribution in [2.75, 3.05) is 13.1 Å². The zero-order chi connectivity index (χ0) is 22.8. The third-order valence-corrected chi connectivity index (χ3v) is 5.49. The molecule has 0 radical (unpaired) electrons. The number of unbranched alkanes of at least 4 members (excludes halogenated alkanes) is 2. The summed E-state index contributed by atoms with van der Waals surface area (Å²) in [6.45, 7) is 9.66. The van der Waals surface area contributed by atoms with Crippen molar-refractivity contribution in [2.24, 2.45) is 17.8 Å². The Balaban J connectivity index is 2.34. The Hall–Kier alpha value is -2.25. The highest BCUT2D eigenvalue weighted by Crippen LogP contribution is 2.26. The number of hydrogen-bond acceptors (Lipinski definition) is 5.